The Morgan fingerprint density at radius 1 is 1.33 bits per heavy atom. The van der Waals surface area contributed by atoms with E-state index in [0.717, 1.165) is 11.3 Å². The molecule has 1 amide bonds. The van der Waals surface area contributed by atoms with E-state index >= 15 is 0 Å². The number of carbonyl (C=O) groups excluding carboxylic acids is 1. The lowest BCUT2D eigenvalue weighted by Gasteiger charge is -2.04. The van der Waals surface area contributed by atoms with Gasteiger partial charge in [0.1, 0.15) is 0 Å². The summed E-state index contributed by atoms with van der Waals surface area (Å²) in [5.41, 5.74) is 2.23. The predicted octanol–water partition coefficient (Wildman–Crippen LogP) is 2.12. The monoisotopic (exact) mass is 351 g/mol. The van der Waals surface area contributed by atoms with Crippen LogP contribution in [0.1, 0.15) is 32.1 Å². The molecule has 0 fully saturated rings. The summed E-state index contributed by atoms with van der Waals surface area (Å²) in [7, 11) is 1.77. The van der Waals surface area contributed by atoms with Crippen LogP contribution in [-0.4, -0.2) is 26.8 Å². The third kappa shape index (κ3) is 3.30. The van der Waals surface area contributed by atoms with Crippen LogP contribution in [0.3, 0.4) is 0 Å². The van der Waals surface area contributed by atoms with Gasteiger partial charge in [0, 0.05) is 13.6 Å². The van der Waals surface area contributed by atoms with E-state index in [4.69, 9.17) is 5.11 Å². The van der Waals surface area contributed by atoms with Gasteiger partial charge < -0.3 is 10.4 Å². The molecule has 1 aromatic carbocycles. The van der Waals surface area contributed by atoms with Crippen molar-refractivity contribution in [3.8, 4) is 0 Å². The van der Waals surface area contributed by atoms with Crippen molar-refractivity contribution in [3.05, 3.63) is 51.3 Å². The molecule has 1 heterocycles. The van der Waals surface area contributed by atoms with Crippen LogP contribution in [0.5, 0.6) is 0 Å². The first-order valence-corrected chi connectivity index (χ1v) is 6.99. The summed E-state index contributed by atoms with van der Waals surface area (Å²) in [6, 6.07) is 6.35. The number of carboxylic acids is 1. The number of hydrogen-bond acceptors (Lipinski definition) is 3. The smallest absolute Gasteiger partial charge is 0.335 e. The zero-order valence-corrected chi connectivity index (χ0v) is 13.1. The lowest BCUT2D eigenvalue weighted by atomic mass is 10.1. The van der Waals surface area contributed by atoms with Crippen LogP contribution in [0.25, 0.3) is 0 Å². The number of nitrogens with zero attached hydrogens (tertiary/aromatic N) is 2. The van der Waals surface area contributed by atoms with E-state index in [1.165, 1.54) is 12.1 Å². The molecule has 0 saturated heterocycles. The Morgan fingerprint density at radius 3 is 2.43 bits per heavy atom. The zero-order chi connectivity index (χ0) is 15.6. The van der Waals surface area contributed by atoms with Gasteiger partial charge in [-0.15, -0.1) is 0 Å². The average molecular weight is 352 g/mol. The topological polar surface area (TPSA) is 84.2 Å². The predicted molar refractivity (Wildman–Crippen MR) is 80.2 cm³/mol. The normalized spacial score (nSPS) is 10.4. The molecular weight excluding hydrogens is 338 g/mol. The van der Waals surface area contributed by atoms with Crippen molar-refractivity contribution in [2.75, 3.05) is 0 Å². The number of carbonyl (C=O) groups is 2. The summed E-state index contributed by atoms with van der Waals surface area (Å²) >= 11 is 3.34. The first-order valence-electron chi connectivity index (χ1n) is 6.19. The Labute approximate surface area is 129 Å². The van der Waals surface area contributed by atoms with E-state index in [0.29, 0.717) is 16.7 Å². The molecular formula is C14H14BrN3O3. The van der Waals surface area contributed by atoms with Crippen molar-refractivity contribution in [1.82, 2.24) is 15.1 Å². The molecule has 0 bridgehead atoms. The van der Waals surface area contributed by atoms with Crippen molar-refractivity contribution < 1.29 is 14.7 Å². The highest BCUT2D eigenvalue weighted by molar-refractivity contribution is 9.10. The molecule has 0 saturated carbocycles. The average Bonchev–Trinajstić information content (AvgIpc) is 2.73. The van der Waals surface area contributed by atoms with Gasteiger partial charge in [-0.25, -0.2) is 4.79 Å². The third-order valence-electron chi connectivity index (χ3n) is 3.13. The molecule has 0 aliphatic carbocycles. The fourth-order valence-corrected chi connectivity index (χ4v) is 2.27. The maximum Gasteiger partial charge on any atom is 0.335 e. The van der Waals surface area contributed by atoms with Crippen molar-refractivity contribution in [1.29, 1.82) is 0 Å². The molecule has 7 heteroatoms. The first-order chi connectivity index (χ1) is 9.90. The molecule has 1 aromatic heterocycles. The Hall–Kier alpha value is -2.15. The molecule has 0 atom stereocenters. The summed E-state index contributed by atoms with van der Waals surface area (Å²) in [5, 5.41) is 15.7. The van der Waals surface area contributed by atoms with Gasteiger partial charge in [0.15, 0.2) is 5.69 Å². The summed E-state index contributed by atoms with van der Waals surface area (Å²) in [6.45, 7) is 2.17. The molecule has 0 unspecified atom stereocenters. The van der Waals surface area contributed by atoms with E-state index in [1.54, 1.807) is 23.9 Å². The molecule has 6 nitrogen and oxygen atoms in total. The van der Waals surface area contributed by atoms with Gasteiger partial charge >= 0.3 is 5.97 Å². The number of benzene rings is 1. The molecule has 2 aromatic rings. The van der Waals surface area contributed by atoms with Crippen LogP contribution < -0.4 is 5.32 Å². The number of nitrogens with one attached hydrogen (secondary N) is 1. The Kier molecular flexibility index (Phi) is 4.42. The van der Waals surface area contributed by atoms with Crippen LogP contribution in [0, 0.1) is 6.92 Å². The summed E-state index contributed by atoms with van der Waals surface area (Å²) < 4.78 is 2.30. The SMILES string of the molecule is Cc1c(Br)c(C(=O)NCc2ccc(C(=O)O)cc2)nn1C. The number of rotatable bonds is 4. The van der Waals surface area contributed by atoms with Gasteiger partial charge in [0.25, 0.3) is 5.91 Å². The van der Waals surface area contributed by atoms with E-state index < -0.39 is 5.97 Å². The number of carboxylic acid groups (broad SMARTS) is 1. The molecule has 0 radical (unpaired) electrons. The fourth-order valence-electron chi connectivity index (χ4n) is 1.76. The van der Waals surface area contributed by atoms with Crippen LogP contribution in [0.15, 0.2) is 28.7 Å². The van der Waals surface area contributed by atoms with Crippen molar-refractivity contribution in [3.63, 3.8) is 0 Å². The molecule has 110 valence electrons. The van der Waals surface area contributed by atoms with Gasteiger partial charge in [-0.05, 0) is 40.5 Å². The minimum atomic E-state index is -0.974. The van der Waals surface area contributed by atoms with Crippen molar-refractivity contribution in [2.24, 2.45) is 7.05 Å². The third-order valence-corrected chi connectivity index (χ3v) is 4.08. The van der Waals surface area contributed by atoms with E-state index in [1.807, 2.05) is 6.92 Å². The van der Waals surface area contributed by atoms with Gasteiger partial charge in [-0.3, -0.25) is 9.48 Å². The standard InChI is InChI=1S/C14H14BrN3O3/c1-8-11(15)12(17-18(8)2)13(19)16-7-9-3-5-10(6-4-9)14(20)21/h3-6H,7H2,1-2H3,(H,16,19)(H,20,21). The highest BCUT2D eigenvalue weighted by Gasteiger charge is 2.17. The van der Waals surface area contributed by atoms with E-state index in [-0.39, 0.29) is 11.5 Å². The van der Waals surface area contributed by atoms with Gasteiger partial charge in [0.05, 0.1) is 15.7 Å². The highest BCUT2D eigenvalue weighted by Crippen LogP contribution is 2.19. The van der Waals surface area contributed by atoms with Gasteiger partial charge in [-0.1, -0.05) is 12.1 Å². The molecule has 0 aliphatic heterocycles. The summed E-state index contributed by atoms with van der Waals surface area (Å²) in [4.78, 5) is 22.8. The molecule has 21 heavy (non-hydrogen) atoms. The van der Waals surface area contributed by atoms with Crippen molar-refractivity contribution >= 4 is 27.8 Å². The molecule has 0 spiro atoms. The van der Waals surface area contributed by atoms with Crippen molar-refractivity contribution in [2.45, 2.75) is 13.5 Å². The van der Waals surface area contributed by atoms with Crippen LogP contribution in [-0.2, 0) is 13.6 Å². The summed E-state index contributed by atoms with van der Waals surface area (Å²) in [6.07, 6.45) is 0. The van der Waals surface area contributed by atoms with Gasteiger partial charge in [-0.2, -0.15) is 5.10 Å². The number of halogens is 1. The maximum atomic E-state index is 12.1. The van der Waals surface area contributed by atoms with Crippen LogP contribution >= 0.6 is 15.9 Å². The van der Waals surface area contributed by atoms with Gasteiger partial charge in [0.2, 0.25) is 0 Å². The number of aryl methyl sites for hydroxylation is 1. The minimum absolute atomic E-state index is 0.216. The summed E-state index contributed by atoms with van der Waals surface area (Å²) in [5.74, 6) is -1.26. The lowest BCUT2D eigenvalue weighted by molar-refractivity contribution is 0.0696. The Bertz CT molecular complexity index is 692. The number of aromatic carboxylic acids is 1. The quantitative estimate of drug-likeness (QED) is 0.883. The van der Waals surface area contributed by atoms with E-state index in [9.17, 15) is 9.59 Å². The molecule has 2 N–H and O–H groups in total. The molecule has 0 aliphatic rings. The largest absolute Gasteiger partial charge is 0.478 e. The number of hydrogen-bond donors (Lipinski definition) is 2. The second-order valence-electron chi connectivity index (χ2n) is 4.56. The zero-order valence-electron chi connectivity index (χ0n) is 11.6. The minimum Gasteiger partial charge on any atom is -0.478 e. The maximum absolute atomic E-state index is 12.1. The number of amides is 1. The highest BCUT2D eigenvalue weighted by atomic mass is 79.9. The second kappa shape index (κ2) is 6.09. The van der Waals surface area contributed by atoms with Crippen LogP contribution in [0.2, 0.25) is 0 Å². The van der Waals surface area contributed by atoms with E-state index in [2.05, 4.69) is 26.3 Å². The molecule has 2 rings (SSSR count). The Balaban J connectivity index is 2.04. The number of aromatic nitrogens is 2. The first kappa shape index (κ1) is 15.2. The lowest BCUT2D eigenvalue weighted by Crippen LogP contribution is -2.23. The van der Waals surface area contributed by atoms with Crippen LogP contribution in [0.4, 0.5) is 0 Å². The second-order valence-corrected chi connectivity index (χ2v) is 5.35. The Morgan fingerprint density at radius 2 is 1.95 bits per heavy atom. The fraction of sp³-hybridized carbons (Fsp3) is 0.214.